The molecule has 1 amide bonds. The van der Waals surface area contributed by atoms with Crippen LogP contribution in [-0.2, 0) is 4.79 Å². The van der Waals surface area contributed by atoms with Crippen molar-refractivity contribution in [2.45, 2.75) is 6.42 Å². The van der Waals surface area contributed by atoms with Crippen LogP contribution < -0.4 is 0 Å². The second kappa shape index (κ2) is 2.35. The zero-order valence-electron chi connectivity index (χ0n) is 4.37. The molecule has 0 aliphatic carbocycles. The zero-order valence-corrected chi connectivity index (χ0v) is 4.37. The summed E-state index contributed by atoms with van der Waals surface area (Å²) >= 11 is 0. The number of carbonyl (C=O) groups excluding carboxylic acids is 1. The normalized spacial score (nSPS) is 18.8. The van der Waals surface area contributed by atoms with Gasteiger partial charge >= 0.3 is 0 Å². The first-order valence-corrected chi connectivity index (χ1v) is 2.43. The third-order valence-electron chi connectivity index (χ3n) is 0.802. The van der Waals surface area contributed by atoms with Crippen molar-refractivity contribution in [3.8, 4) is 0 Å². The van der Waals surface area contributed by atoms with E-state index >= 15 is 0 Å². The van der Waals surface area contributed by atoms with Crippen LogP contribution in [0.5, 0.6) is 0 Å². The lowest BCUT2D eigenvalue weighted by Gasteiger charge is -1.78. The standard InChI is InChI=1S/C5H6N2O/c8-5-4-6-2-1-3-7-5/h2-3H,1,4H2. The minimum atomic E-state index is -0.154. The maximum Gasteiger partial charge on any atom is 0.266 e. The van der Waals surface area contributed by atoms with Crippen molar-refractivity contribution in [2.24, 2.45) is 9.98 Å². The van der Waals surface area contributed by atoms with Gasteiger partial charge in [0.1, 0.15) is 6.54 Å². The van der Waals surface area contributed by atoms with Gasteiger partial charge in [-0.3, -0.25) is 9.79 Å². The van der Waals surface area contributed by atoms with E-state index in [2.05, 4.69) is 9.98 Å². The summed E-state index contributed by atoms with van der Waals surface area (Å²) in [4.78, 5) is 17.7. The fourth-order valence-electron chi connectivity index (χ4n) is 0.460. The Morgan fingerprint density at radius 1 is 1.50 bits per heavy atom. The van der Waals surface area contributed by atoms with E-state index in [4.69, 9.17) is 0 Å². The molecule has 0 aromatic carbocycles. The van der Waals surface area contributed by atoms with Crippen LogP contribution in [0.2, 0.25) is 0 Å². The fraction of sp³-hybridized carbons (Fsp3) is 0.400. The molecule has 0 aromatic rings. The molecule has 1 aliphatic heterocycles. The van der Waals surface area contributed by atoms with Crippen molar-refractivity contribution >= 4 is 18.3 Å². The number of hydrogen-bond donors (Lipinski definition) is 0. The van der Waals surface area contributed by atoms with E-state index in [0.29, 0.717) is 6.42 Å². The highest BCUT2D eigenvalue weighted by Crippen LogP contribution is 1.82. The molecule has 3 heteroatoms. The molecule has 0 spiro atoms. The molecule has 42 valence electrons. The highest BCUT2D eigenvalue weighted by Gasteiger charge is 1.94. The molecule has 1 aliphatic rings. The van der Waals surface area contributed by atoms with Crippen LogP contribution >= 0.6 is 0 Å². The lowest BCUT2D eigenvalue weighted by molar-refractivity contribution is -0.116. The Balaban J connectivity index is 2.61. The van der Waals surface area contributed by atoms with Gasteiger partial charge in [-0.1, -0.05) is 0 Å². The molecular formula is C5H6N2O. The molecule has 0 unspecified atom stereocenters. The Labute approximate surface area is 47.1 Å². The van der Waals surface area contributed by atoms with E-state index < -0.39 is 0 Å². The van der Waals surface area contributed by atoms with Crippen LogP contribution in [0.4, 0.5) is 0 Å². The Hall–Kier alpha value is -0.990. The van der Waals surface area contributed by atoms with Gasteiger partial charge in [-0.2, -0.15) is 0 Å². The van der Waals surface area contributed by atoms with Crippen molar-refractivity contribution in [1.29, 1.82) is 0 Å². The Morgan fingerprint density at radius 3 is 3.25 bits per heavy atom. The number of rotatable bonds is 0. The Morgan fingerprint density at radius 2 is 2.38 bits per heavy atom. The average molecular weight is 110 g/mol. The van der Waals surface area contributed by atoms with Gasteiger partial charge in [-0.05, 0) is 0 Å². The number of amides is 1. The minimum Gasteiger partial charge on any atom is -0.287 e. The molecule has 0 bridgehead atoms. The summed E-state index contributed by atoms with van der Waals surface area (Å²) in [5.74, 6) is -0.154. The van der Waals surface area contributed by atoms with Gasteiger partial charge < -0.3 is 0 Å². The summed E-state index contributed by atoms with van der Waals surface area (Å²) in [6.45, 7) is 0.219. The van der Waals surface area contributed by atoms with E-state index in [0.717, 1.165) is 0 Å². The monoisotopic (exact) mass is 110 g/mol. The van der Waals surface area contributed by atoms with Crippen LogP contribution in [0.1, 0.15) is 6.42 Å². The second-order valence-corrected chi connectivity index (χ2v) is 1.46. The lowest BCUT2D eigenvalue weighted by Crippen LogP contribution is -1.94. The first kappa shape index (κ1) is 5.15. The molecule has 0 saturated carbocycles. The lowest BCUT2D eigenvalue weighted by atomic mass is 10.5. The largest absolute Gasteiger partial charge is 0.287 e. The Bertz CT molecular complexity index is 149. The van der Waals surface area contributed by atoms with Crippen molar-refractivity contribution in [3.05, 3.63) is 0 Å². The first-order valence-electron chi connectivity index (χ1n) is 2.43. The number of hydrogen-bond acceptors (Lipinski definition) is 2. The molecule has 8 heavy (non-hydrogen) atoms. The van der Waals surface area contributed by atoms with Gasteiger partial charge in [0.05, 0.1) is 0 Å². The molecular weight excluding hydrogens is 104 g/mol. The van der Waals surface area contributed by atoms with Crippen molar-refractivity contribution in [1.82, 2.24) is 0 Å². The topological polar surface area (TPSA) is 41.8 Å². The SMILES string of the molecule is O=C1CN=CCC=N1. The first-order chi connectivity index (χ1) is 3.89. The summed E-state index contributed by atoms with van der Waals surface area (Å²) in [6.07, 6.45) is 3.94. The van der Waals surface area contributed by atoms with E-state index in [1.54, 1.807) is 12.4 Å². The number of aliphatic imine (C=N–C) groups is 2. The summed E-state index contributed by atoms with van der Waals surface area (Å²) in [6, 6.07) is 0. The molecule has 0 atom stereocenters. The van der Waals surface area contributed by atoms with Crippen molar-refractivity contribution in [3.63, 3.8) is 0 Å². The van der Waals surface area contributed by atoms with E-state index in [9.17, 15) is 4.79 Å². The quantitative estimate of drug-likeness (QED) is 0.434. The smallest absolute Gasteiger partial charge is 0.266 e. The van der Waals surface area contributed by atoms with Crippen LogP contribution in [0.3, 0.4) is 0 Å². The third-order valence-corrected chi connectivity index (χ3v) is 0.802. The molecule has 0 aromatic heterocycles. The molecule has 0 radical (unpaired) electrons. The summed E-state index contributed by atoms with van der Waals surface area (Å²) in [5.41, 5.74) is 0. The molecule has 1 rings (SSSR count). The van der Waals surface area contributed by atoms with E-state index in [1.807, 2.05) is 0 Å². The van der Waals surface area contributed by atoms with Gasteiger partial charge in [0.15, 0.2) is 0 Å². The zero-order chi connectivity index (χ0) is 5.82. The maximum atomic E-state index is 10.4. The predicted octanol–water partition coefficient (Wildman–Crippen LogP) is 0.0583. The number of carbonyl (C=O) groups is 1. The highest BCUT2D eigenvalue weighted by molar-refractivity contribution is 5.93. The molecule has 1 heterocycles. The molecule has 3 nitrogen and oxygen atoms in total. The predicted molar refractivity (Wildman–Crippen MR) is 31.5 cm³/mol. The van der Waals surface area contributed by atoms with Gasteiger partial charge in [0, 0.05) is 18.9 Å². The van der Waals surface area contributed by atoms with Crippen LogP contribution in [0.15, 0.2) is 9.98 Å². The summed E-state index contributed by atoms with van der Waals surface area (Å²) < 4.78 is 0. The van der Waals surface area contributed by atoms with Gasteiger partial charge in [0.2, 0.25) is 0 Å². The van der Waals surface area contributed by atoms with E-state index in [1.165, 1.54) is 0 Å². The van der Waals surface area contributed by atoms with Crippen molar-refractivity contribution in [2.75, 3.05) is 6.54 Å². The second-order valence-electron chi connectivity index (χ2n) is 1.46. The number of nitrogens with zero attached hydrogens (tertiary/aromatic N) is 2. The fourth-order valence-corrected chi connectivity index (χ4v) is 0.460. The van der Waals surface area contributed by atoms with Crippen LogP contribution in [0, 0.1) is 0 Å². The van der Waals surface area contributed by atoms with Gasteiger partial charge in [-0.15, -0.1) is 0 Å². The van der Waals surface area contributed by atoms with Crippen molar-refractivity contribution < 1.29 is 4.79 Å². The minimum absolute atomic E-state index is 0.154. The van der Waals surface area contributed by atoms with E-state index in [-0.39, 0.29) is 12.5 Å². The maximum absolute atomic E-state index is 10.4. The molecule has 0 N–H and O–H groups in total. The highest BCUT2D eigenvalue weighted by atomic mass is 16.1. The Kier molecular flexibility index (Phi) is 1.51. The van der Waals surface area contributed by atoms with Crippen LogP contribution in [0.25, 0.3) is 0 Å². The molecule has 0 saturated heterocycles. The molecule has 0 fully saturated rings. The summed E-state index contributed by atoms with van der Waals surface area (Å²) in [5, 5.41) is 0. The van der Waals surface area contributed by atoms with Gasteiger partial charge in [-0.25, -0.2) is 4.99 Å². The summed E-state index contributed by atoms with van der Waals surface area (Å²) in [7, 11) is 0. The van der Waals surface area contributed by atoms with Crippen LogP contribution in [-0.4, -0.2) is 24.9 Å². The average Bonchev–Trinajstić information content (AvgIpc) is 1.94. The van der Waals surface area contributed by atoms with Gasteiger partial charge in [0.25, 0.3) is 5.91 Å². The third kappa shape index (κ3) is 1.26.